The minimum Gasteiger partial charge on any atom is -0.481 e. The van der Waals surface area contributed by atoms with Crippen LogP contribution in [0.2, 0.25) is 0 Å². The van der Waals surface area contributed by atoms with Gasteiger partial charge < -0.3 is 29.2 Å². The third-order valence-electron chi connectivity index (χ3n) is 7.58. The van der Waals surface area contributed by atoms with Gasteiger partial charge in [-0.15, -0.1) is 0 Å². The second-order valence-corrected chi connectivity index (χ2v) is 11.3. The molecule has 3 aliphatic rings. The highest BCUT2D eigenvalue weighted by Crippen LogP contribution is 2.40. The van der Waals surface area contributed by atoms with Gasteiger partial charge in [-0.25, -0.2) is 9.78 Å². The predicted molar refractivity (Wildman–Crippen MR) is 134 cm³/mol. The number of hydrogen-bond acceptors (Lipinski definition) is 7. The minimum atomic E-state index is -0.665. The summed E-state index contributed by atoms with van der Waals surface area (Å²) in [5, 5.41) is 3.15. The second-order valence-electron chi connectivity index (χ2n) is 11.3. The highest BCUT2D eigenvalue weighted by Gasteiger charge is 2.50. The summed E-state index contributed by atoms with van der Waals surface area (Å²) >= 11 is 0. The topological polar surface area (TPSA) is 99.2 Å². The number of likely N-dealkylation sites (tertiary alicyclic amines) is 1. The van der Waals surface area contributed by atoms with Crippen LogP contribution in [-0.4, -0.2) is 78.6 Å². The van der Waals surface area contributed by atoms with Crippen LogP contribution in [0.1, 0.15) is 76.3 Å². The summed E-state index contributed by atoms with van der Waals surface area (Å²) in [6.07, 6.45) is 6.79. The number of amides is 2. The van der Waals surface area contributed by atoms with Gasteiger partial charge in [0.25, 0.3) is 0 Å². The number of rotatable bonds is 5. The zero-order valence-corrected chi connectivity index (χ0v) is 22.3. The van der Waals surface area contributed by atoms with Gasteiger partial charge >= 0.3 is 6.09 Å². The van der Waals surface area contributed by atoms with Gasteiger partial charge in [-0.05, 0) is 83.8 Å². The monoisotopic (exact) mass is 503 g/mol. The van der Waals surface area contributed by atoms with E-state index in [1.165, 1.54) is 11.1 Å². The Bertz CT molecular complexity index is 936. The third-order valence-corrected chi connectivity index (χ3v) is 7.58. The van der Waals surface area contributed by atoms with Gasteiger partial charge in [0, 0.05) is 18.3 Å². The number of ether oxygens (including phenoxy) is 4. The molecule has 1 N–H and O–H groups in total. The van der Waals surface area contributed by atoms with Crippen molar-refractivity contribution < 1.29 is 28.5 Å². The Morgan fingerprint density at radius 2 is 2.03 bits per heavy atom. The van der Waals surface area contributed by atoms with Crippen LogP contribution >= 0.6 is 0 Å². The molecule has 1 aromatic rings. The molecule has 4 rings (SSSR count). The van der Waals surface area contributed by atoms with E-state index in [1.807, 2.05) is 26.8 Å². The van der Waals surface area contributed by atoms with Crippen molar-refractivity contribution in [3.63, 3.8) is 0 Å². The number of aryl methyl sites for hydroxylation is 1. The van der Waals surface area contributed by atoms with Crippen molar-refractivity contribution in [2.24, 2.45) is 0 Å². The molecule has 1 saturated carbocycles. The van der Waals surface area contributed by atoms with Crippen LogP contribution in [0.15, 0.2) is 12.3 Å². The molecule has 0 radical (unpaired) electrons. The zero-order chi connectivity index (χ0) is 25.9. The fourth-order valence-electron chi connectivity index (χ4n) is 5.91. The Morgan fingerprint density at radius 1 is 1.28 bits per heavy atom. The van der Waals surface area contributed by atoms with E-state index in [9.17, 15) is 9.59 Å². The molecule has 9 heteroatoms. The summed E-state index contributed by atoms with van der Waals surface area (Å²) < 4.78 is 23.4. The van der Waals surface area contributed by atoms with E-state index < -0.39 is 11.1 Å². The molecule has 2 amide bonds. The Balaban J connectivity index is 1.44. The number of nitrogens with zero attached hydrogens (tertiary/aromatic N) is 2. The third kappa shape index (κ3) is 5.94. The van der Waals surface area contributed by atoms with Crippen molar-refractivity contribution in [3.05, 3.63) is 23.4 Å². The molecule has 1 aliphatic carbocycles. The number of morpholine rings is 1. The predicted octanol–water partition coefficient (Wildman–Crippen LogP) is 3.73. The van der Waals surface area contributed by atoms with Gasteiger partial charge in [-0.2, -0.15) is 0 Å². The molecule has 0 aromatic carbocycles. The van der Waals surface area contributed by atoms with Gasteiger partial charge in [-0.3, -0.25) is 4.79 Å². The summed E-state index contributed by atoms with van der Waals surface area (Å²) in [5.74, 6) is 0.946. The second kappa shape index (κ2) is 10.9. The first-order valence-electron chi connectivity index (χ1n) is 13.1. The van der Waals surface area contributed by atoms with Gasteiger partial charge in [0.1, 0.15) is 12.2 Å². The van der Waals surface area contributed by atoms with Crippen LogP contribution in [0.3, 0.4) is 0 Å². The van der Waals surface area contributed by atoms with Gasteiger partial charge in [0.2, 0.25) is 11.8 Å². The molecule has 9 nitrogen and oxygen atoms in total. The van der Waals surface area contributed by atoms with Crippen LogP contribution in [0.4, 0.5) is 4.79 Å². The Kier molecular flexibility index (Phi) is 8.09. The van der Waals surface area contributed by atoms with Gasteiger partial charge in [-0.1, -0.05) is 0 Å². The van der Waals surface area contributed by atoms with Gasteiger partial charge in [0.15, 0.2) is 0 Å². The first-order chi connectivity index (χ1) is 17.1. The smallest absolute Gasteiger partial charge is 0.410 e. The summed E-state index contributed by atoms with van der Waals surface area (Å²) in [6, 6.07) is 1.68. The lowest BCUT2D eigenvalue weighted by atomic mass is 9.80. The first kappa shape index (κ1) is 26.7. The molecule has 200 valence electrons. The molecule has 1 spiro atoms. The lowest BCUT2D eigenvalue weighted by Gasteiger charge is -2.51. The lowest BCUT2D eigenvalue weighted by Crippen LogP contribution is -2.72. The first-order valence-corrected chi connectivity index (χ1v) is 13.1. The maximum Gasteiger partial charge on any atom is 0.410 e. The fourth-order valence-corrected chi connectivity index (χ4v) is 5.91. The van der Waals surface area contributed by atoms with Crippen molar-refractivity contribution in [1.29, 1.82) is 0 Å². The Hall–Kier alpha value is -2.39. The molecule has 1 aromatic heterocycles. The molecule has 2 atom stereocenters. The summed E-state index contributed by atoms with van der Waals surface area (Å²) in [6.45, 7) is 8.98. The number of pyridine rings is 1. The van der Waals surface area contributed by atoms with Crippen molar-refractivity contribution in [3.8, 4) is 5.88 Å². The number of piperidine rings is 1. The van der Waals surface area contributed by atoms with Crippen molar-refractivity contribution in [1.82, 2.24) is 15.2 Å². The lowest BCUT2D eigenvalue weighted by molar-refractivity contribution is -0.144. The number of carbonyl (C=O) groups excluding carboxylic acids is 2. The van der Waals surface area contributed by atoms with Crippen molar-refractivity contribution >= 4 is 12.0 Å². The number of methoxy groups -OCH3 is 1. The molecule has 3 heterocycles. The average Bonchev–Trinajstić information content (AvgIpc) is 2.82. The molecule has 2 saturated heterocycles. The van der Waals surface area contributed by atoms with Crippen LogP contribution < -0.4 is 10.1 Å². The molecular formula is C27H41N3O6. The van der Waals surface area contributed by atoms with Crippen LogP contribution in [0, 0.1) is 6.92 Å². The maximum atomic E-state index is 13.2. The molecular weight excluding hydrogens is 462 g/mol. The van der Waals surface area contributed by atoms with Crippen LogP contribution in [0.25, 0.3) is 0 Å². The van der Waals surface area contributed by atoms with E-state index in [0.717, 1.165) is 38.5 Å². The van der Waals surface area contributed by atoms with E-state index in [0.29, 0.717) is 31.6 Å². The molecule has 36 heavy (non-hydrogen) atoms. The number of hydrogen-bond donors (Lipinski definition) is 1. The summed E-state index contributed by atoms with van der Waals surface area (Å²) in [7, 11) is 1.67. The fraction of sp³-hybridized carbons (Fsp3) is 0.741. The number of nitrogens with one attached hydrogen (secondary N) is 1. The Morgan fingerprint density at radius 3 is 2.69 bits per heavy atom. The number of aromatic nitrogens is 1. The highest BCUT2D eigenvalue weighted by atomic mass is 16.6. The average molecular weight is 504 g/mol. The highest BCUT2D eigenvalue weighted by molar-refractivity contribution is 5.79. The Labute approximate surface area is 214 Å². The van der Waals surface area contributed by atoms with Crippen LogP contribution in [0.5, 0.6) is 5.88 Å². The molecule has 0 bridgehead atoms. The van der Waals surface area contributed by atoms with E-state index in [1.54, 1.807) is 18.2 Å². The van der Waals surface area contributed by atoms with E-state index >= 15 is 0 Å². The maximum absolute atomic E-state index is 13.2. The van der Waals surface area contributed by atoms with Crippen LogP contribution in [-0.2, 0) is 19.0 Å². The minimum absolute atomic E-state index is 0.0446. The van der Waals surface area contributed by atoms with Crippen molar-refractivity contribution in [2.75, 3.05) is 33.5 Å². The molecule has 2 unspecified atom stereocenters. The molecule has 3 fully saturated rings. The SMILES string of the molecule is COc1nccc(C)c1C1CCC(OCC2N(C(=O)OC(C)(C)C)CCCC23COCC(=O)N3)CC1. The molecule has 2 aliphatic heterocycles. The number of carbonyl (C=O) groups is 2. The van der Waals surface area contributed by atoms with E-state index in [4.69, 9.17) is 18.9 Å². The summed E-state index contributed by atoms with van der Waals surface area (Å²) in [4.78, 5) is 31.6. The zero-order valence-electron chi connectivity index (χ0n) is 22.3. The van der Waals surface area contributed by atoms with E-state index in [-0.39, 0.29) is 30.8 Å². The van der Waals surface area contributed by atoms with Gasteiger partial charge in [0.05, 0.1) is 38.0 Å². The van der Waals surface area contributed by atoms with Crippen molar-refractivity contribution in [2.45, 2.75) is 95.4 Å². The van der Waals surface area contributed by atoms with E-state index in [2.05, 4.69) is 17.2 Å². The quantitative estimate of drug-likeness (QED) is 0.654. The normalized spacial score (nSPS) is 29.1. The summed E-state index contributed by atoms with van der Waals surface area (Å²) in [5.41, 5.74) is 1.13. The largest absolute Gasteiger partial charge is 0.481 e. The standard InChI is InChI=1S/C27H41N3O6/c1-18-11-13-28-24(33-5)23(18)19-7-9-20(10-8-19)35-15-21-27(17-34-16-22(31)29-27)12-6-14-30(21)25(32)36-26(2,3)4/h11,13,19-21H,6-10,12,14-17H2,1-5H3,(H,29,31).